The normalized spacial score (nSPS) is 22.4. The number of benzene rings is 2. The molecule has 1 heterocycles. The third kappa shape index (κ3) is 3.89. The number of allylic oxidation sites excluding steroid dienone is 2. The standard InChI is InChI=1S/C25H30N2O2/c1-5-29-22-12-7-6-9-19(22)23-18-11-8-10-17(18)20-15-16(13-14-21(20)26-23)24(28)27-25(2,3)4/h6-10,12-15,17-18,23,26H,5,11H2,1-4H3,(H,27,28). The summed E-state index contributed by atoms with van der Waals surface area (Å²) in [6, 6.07) is 14.5. The highest BCUT2D eigenvalue weighted by atomic mass is 16.5. The summed E-state index contributed by atoms with van der Waals surface area (Å²) in [5, 5.41) is 6.81. The van der Waals surface area contributed by atoms with Crippen LogP contribution < -0.4 is 15.4 Å². The van der Waals surface area contributed by atoms with E-state index in [0.717, 1.165) is 17.9 Å². The van der Waals surface area contributed by atoms with Crippen molar-refractivity contribution in [1.82, 2.24) is 5.32 Å². The average molecular weight is 391 g/mol. The fourth-order valence-corrected chi connectivity index (χ4v) is 4.48. The number of hydrogen-bond donors (Lipinski definition) is 2. The molecule has 0 spiro atoms. The highest BCUT2D eigenvalue weighted by Crippen LogP contribution is 2.51. The van der Waals surface area contributed by atoms with Crippen molar-refractivity contribution in [3.05, 3.63) is 71.3 Å². The maximum absolute atomic E-state index is 12.7. The molecule has 0 saturated carbocycles. The molecule has 3 unspecified atom stereocenters. The second-order valence-corrected chi connectivity index (χ2v) is 8.95. The Morgan fingerprint density at radius 3 is 2.72 bits per heavy atom. The molecule has 0 saturated heterocycles. The Morgan fingerprint density at radius 2 is 1.97 bits per heavy atom. The minimum atomic E-state index is -0.255. The molecule has 2 aromatic rings. The van der Waals surface area contributed by atoms with Crippen molar-refractivity contribution in [3.63, 3.8) is 0 Å². The molecule has 4 nitrogen and oxygen atoms in total. The van der Waals surface area contributed by atoms with Crippen molar-refractivity contribution < 1.29 is 9.53 Å². The molecule has 152 valence electrons. The van der Waals surface area contributed by atoms with Gasteiger partial charge in [-0.25, -0.2) is 0 Å². The van der Waals surface area contributed by atoms with Crippen LogP contribution in [-0.4, -0.2) is 18.1 Å². The Bertz CT molecular complexity index is 942. The van der Waals surface area contributed by atoms with Gasteiger partial charge in [-0.1, -0.05) is 30.4 Å². The summed E-state index contributed by atoms with van der Waals surface area (Å²) in [6.07, 6.45) is 5.58. The molecule has 0 radical (unpaired) electrons. The molecule has 2 aromatic carbocycles. The zero-order valence-electron chi connectivity index (χ0n) is 17.7. The van der Waals surface area contributed by atoms with Crippen molar-refractivity contribution in [3.8, 4) is 5.75 Å². The first-order valence-electron chi connectivity index (χ1n) is 10.5. The van der Waals surface area contributed by atoms with Crippen LogP contribution in [-0.2, 0) is 0 Å². The van der Waals surface area contributed by atoms with E-state index in [9.17, 15) is 4.79 Å². The number of nitrogens with one attached hydrogen (secondary N) is 2. The lowest BCUT2D eigenvalue weighted by atomic mass is 9.76. The van der Waals surface area contributed by atoms with Crippen molar-refractivity contribution in [1.29, 1.82) is 0 Å². The number of anilines is 1. The molecule has 1 amide bonds. The molecule has 1 aliphatic carbocycles. The van der Waals surface area contributed by atoms with Crippen LogP contribution in [0.25, 0.3) is 0 Å². The molecule has 4 rings (SSSR count). The zero-order valence-corrected chi connectivity index (χ0v) is 17.7. The number of carbonyl (C=O) groups excluding carboxylic acids is 1. The highest BCUT2D eigenvalue weighted by Gasteiger charge is 2.39. The first kappa shape index (κ1) is 19.6. The molecule has 1 aliphatic heterocycles. The summed E-state index contributed by atoms with van der Waals surface area (Å²) < 4.78 is 5.91. The minimum Gasteiger partial charge on any atom is -0.494 e. The van der Waals surface area contributed by atoms with Gasteiger partial charge in [-0.2, -0.15) is 0 Å². The fourth-order valence-electron chi connectivity index (χ4n) is 4.48. The van der Waals surface area contributed by atoms with E-state index >= 15 is 0 Å². The van der Waals surface area contributed by atoms with Gasteiger partial charge in [0.2, 0.25) is 0 Å². The predicted octanol–water partition coefficient (Wildman–Crippen LogP) is 5.44. The van der Waals surface area contributed by atoms with Gasteiger partial charge in [0.05, 0.1) is 12.6 Å². The Hall–Kier alpha value is -2.75. The lowest BCUT2D eigenvalue weighted by Gasteiger charge is -2.38. The summed E-state index contributed by atoms with van der Waals surface area (Å²) in [6.45, 7) is 8.67. The van der Waals surface area contributed by atoms with E-state index in [0.29, 0.717) is 24.0 Å². The second kappa shape index (κ2) is 7.58. The van der Waals surface area contributed by atoms with Crippen molar-refractivity contribution >= 4 is 11.6 Å². The molecule has 4 heteroatoms. The van der Waals surface area contributed by atoms with Crippen LogP contribution in [0.5, 0.6) is 5.75 Å². The van der Waals surface area contributed by atoms with Crippen LogP contribution in [0.15, 0.2) is 54.6 Å². The van der Waals surface area contributed by atoms with E-state index in [4.69, 9.17) is 4.74 Å². The topological polar surface area (TPSA) is 50.4 Å². The number of ether oxygens (including phenoxy) is 1. The minimum absolute atomic E-state index is 0.0253. The van der Waals surface area contributed by atoms with Gasteiger partial charge in [0.25, 0.3) is 5.91 Å². The van der Waals surface area contributed by atoms with Gasteiger partial charge in [0, 0.05) is 28.3 Å². The smallest absolute Gasteiger partial charge is 0.251 e. The quantitative estimate of drug-likeness (QED) is 0.684. The lowest BCUT2D eigenvalue weighted by molar-refractivity contribution is 0.0919. The van der Waals surface area contributed by atoms with Crippen LogP contribution in [0.4, 0.5) is 5.69 Å². The van der Waals surface area contributed by atoms with Crippen LogP contribution in [0.2, 0.25) is 0 Å². The summed E-state index contributed by atoms with van der Waals surface area (Å²) in [5.41, 5.74) is 3.97. The van der Waals surface area contributed by atoms with Gasteiger partial charge in [0.1, 0.15) is 5.75 Å². The van der Waals surface area contributed by atoms with Gasteiger partial charge < -0.3 is 15.4 Å². The number of carbonyl (C=O) groups is 1. The van der Waals surface area contributed by atoms with Gasteiger partial charge in [-0.15, -0.1) is 0 Å². The molecule has 2 aliphatic rings. The van der Waals surface area contributed by atoms with Crippen LogP contribution in [0.1, 0.15) is 67.6 Å². The maximum Gasteiger partial charge on any atom is 0.251 e. The van der Waals surface area contributed by atoms with Gasteiger partial charge >= 0.3 is 0 Å². The zero-order chi connectivity index (χ0) is 20.6. The SMILES string of the molecule is CCOc1ccccc1C1Nc2ccc(C(=O)NC(C)(C)C)cc2C2C=CCC21. The Morgan fingerprint density at radius 1 is 1.17 bits per heavy atom. The van der Waals surface area contributed by atoms with E-state index in [1.54, 1.807) is 0 Å². The Labute approximate surface area is 173 Å². The predicted molar refractivity (Wildman–Crippen MR) is 118 cm³/mol. The molecule has 0 fully saturated rings. The van der Waals surface area contributed by atoms with Crippen LogP contribution >= 0.6 is 0 Å². The van der Waals surface area contributed by atoms with Crippen molar-refractivity contribution in [2.45, 2.75) is 51.6 Å². The molecule has 2 N–H and O–H groups in total. The van der Waals surface area contributed by atoms with Crippen molar-refractivity contribution in [2.75, 3.05) is 11.9 Å². The highest BCUT2D eigenvalue weighted by molar-refractivity contribution is 5.95. The van der Waals surface area contributed by atoms with Crippen LogP contribution in [0.3, 0.4) is 0 Å². The van der Waals surface area contributed by atoms with E-state index < -0.39 is 0 Å². The van der Waals surface area contributed by atoms with E-state index in [1.807, 2.05) is 52.0 Å². The Kier molecular flexibility index (Phi) is 5.12. The summed E-state index contributed by atoms with van der Waals surface area (Å²) >= 11 is 0. The maximum atomic E-state index is 12.7. The Balaban J connectivity index is 1.69. The monoisotopic (exact) mass is 390 g/mol. The number of para-hydroxylation sites is 1. The molecule has 29 heavy (non-hydrogen) atoms. The molecule has 0 aromatic heterocycles. The largest absolute Gasteiger partial charge is 0.494 e. The fraction of sp³-hybridized carbons (Fsp3) is 0.400. The lowest BCUT2D eigenvalue weighted by Crippen LogP contribution is -2.40. The third-order valence-electron chi connectivity index (χ3n) is 5.67. The number of fused-ring (bicyclic) bond motifs is 3. The van der Waals surface area contributed by atoms with E-state index in [1.165, 1.54) is 11.1 Å². The number of amides is 1. The number of rotatable bonds is 4. The first-order chi connectivity index (χ1) is 13.9. The summed E-state index contributed by atoms with van der Waals surface area (Å²) in [5.74, 6) is 1.63. The second-order valence-electron chi connectivity index (χ2n) is 8.95. The summed E-state index contributed by atoms with van der Waals surface area (Å²) in [4.78, 5) is 12.7. The van der Waals surface area contributed by atoms with Gasteiger partial charge in [0.15, 0.2) is 0 Å². The average Bonchev–Trinajstić information content (AvgIpc) is 3.17. The van der Waals surface area contributed by atoms with E-state index in [-0.39, 0.29) is 17.5 Å². The molecular formula is C25H30N2O2. The summed E-state index contributed by atoms with van der Waals surface area (Å²) in [7, 11) is 0. The number of hydrogen-bond acceptors (Lipinski definition) is 3. The van der Waals surface area contributed by atoms with Crippen molar-refractivity contribution in [2.24, 2.45) is 5.92 Å². The molecular weight excluding hydrogens is 360 g/mol. The molecule has 0 bridgehead atoms. The molecule has 3 atom stereocenters. The van der Waals surface area contributed by atoms with Gasteiger partial charge in [-0.05, 0) is 69.9 Å². The van der Waals surface area contributed by atoms with Crippen LogP contribution in [0, 0.1) is 5.92 Å². The third-order valence-corrected chi connectivity index (χ3v) is 5.67. The van der Waals surface area contributed by atoms with Gasteiger partial charge in [-0.3, -0.25) is 4.79 Å². The first-order valence-corrected chi connectivity index (χ1v) is 10.5. The van der Waals surface area contributed by atoms with E-state index in [2.05, 4.69) is 41.0 Å².